The Morgan fingerprint density at radius 2 is 2.21 bits per heavy atom. The van der Waals surface area contributed by atoms with Gasteiger partial charge in [-0.15, -0.1) is 0 Å². The summed E-state index contributed by atoms with van der Waals surface area (Å²) in [6, 6.07) is 10.1. The minimum Gasteiger partial charge on any atom is -0.385 e. The fourth-order valence-corrected chi connectivity index (χ4v) is 2.90. The van der Waals surface area contributed by atoms with Gasteiger partial charge in [-0.1, -0.05) is 18.2 Å². The Hall–Kier alpha value is -2.47. The maximum atomic E-state index is 12.2. The van der Waals surface area contributed by atoms with Gasteiger partial charge in [0.1, 0.15) is 17.8 Å². The first-order valence-electron chi connectivity index (χ1n) is 8.24. The van der Waals surface area contributed by atoms with Gasteiger partial charge in [-0.05, 0) is 30.9 Å². The van der Waals surface area contributed by atoms with Crippen LogP contribution in [0.4, 0.5) is 11.5 Å². The molecule has 0 radical (unpaired) electrons. The van der Waals surface area contributed by atoms with Gasteiger partial charge in [0.25, 0.3) is 5.91 Å². The van der Waals surface area contributed by atoms with Crippen molar-refractivity contribution in [3.63, 3.8) is 0 Å². The standard InChI is InChI=1S/C18H22N4O2/c1-24-11-5-9-19-18(23)15-12-17(21-13-20-15)22-10-4-7-14-6-2-3-8-16(14)22/h2-3,6,8,12-13H,4-5,7,9-11H2,1H3,(H,19,23). The molecule has 1 aromatic heterocycles. The van der Waals surface area contributed by atoms with Crippen molar-refractivity contribution in [1.82, 2.24) is 15.3 Å². The van der Waals surface area contributed by atoms with E-state index in [1.807, 2.05) is 6.07 Å². The van der Waals surface area contributed by atoms with Gasteiger partial charge >= 0.3 is 0 Å². The molecule has 0 saturated heterocycles. The number of aryl methyl sites for hydroxylation is 1. The lowest BCUT2D eigenvalue weighted by molar-refractivity contribution is 0.0943. The number of benzene rings is 1. The number of anilines is 2. The number of fused-ring (bicyclic) bond motifs is 1. The van der Waals surface area contributed by atoms with E-state index >= 15 is 0 Å². The zero-order valence-corrected chi connectivity index (χ0v) is 13.9. The van der Waals surface area contributed by atoms with E-state index in [4.69, 9.17) is 4.74 Å². The number of nitrogens with one attached hydrogen (secondary N) is 1. The Morgan fingerprint density at radius 1 is 1.33 bits per heavy atom. The molecule has 6 nitrogen and oxygen atoms in total. The number of para-hydroxylation sites is 1. The number of aromatic nitrogens is 2. The summed E-state index contributed by atoms with van der Waals surface area (Å²) in [4.78, 5) is 22.9. The van der Waals surface area contributed by atoms with Crippen molar-refractivity contribution in [1.29, 1.82) is 0 Å². The number of ether oxygens (including phenoxy) is 1. The van der Waals surface area contributed by atoms with Gasteiger partial charge in [0.15, 0.2) is 0 Å². The molecule has 126 valence electrons. The molecule has 0 atom stereocenters. The van der Waals surface area contributed by atoms with E-state index in [9.17, 15) is 4.79 Å². The third-order valence-corrected chi connectivity index (χ3v) is 4.08. The molecular weight excluding hydrogens is 304 g/mol. The molecule has 2 aromatic rings. The summed E-state index contributed by atoms with van der Waals surface area (Å²) in [5.74, 6) is 0.583. The van der Waals surface area contributed by atoms with Crippen molar-refractivity contribution in [3.05, 3.63) is 47.9 Å². The number of rotatable bonds is 6. The first-order valence-corrected chi connectivity index (χ1v) is 8.24. The van der Waals surface area contributed by atoms with Crippen LogP contribution in [0.1, 0.15) is 28.9 Å². The third kappa shape index (κ3) is 3.71. The van der Waals surface area contributed by atoms with Crippen LogP contribution in [0.2, 0.25) is 0 Å². The highest BCUT2D eigenvalue weighted by molar-refractivity contribution is 5.93. The van der Waals surface area contributed by atoms with Crippen LogP contribution in [0, 0.1) is 0 Å². The Bertz CT molecular complexity index is 705. The van der Waals surface area contributed by atoms with Crippen LogP contribution in [0.25, 0.3) is 0 Å². The van der Waals surface area contributed by atoms with Crippen LogP contribution in [0.15, 0.2) is 36.7 Å². The second kappa shape index (κ2) is 7.88. The molecule has 1 aliphatic rings. The number of carbonyl (C=O) groups excluding carboxylic acids is 1. The molecule has 1 aromatic carbocycles. The minimum absolute atomic E-state index is 0.181. The maximum Gasteiger partial charge on any atom is 0.270 e. The number of amides is 1. The van der Waals surface area contributed by atoms with E-state index in [1.165, 1.54) is 11.9 Å². The summed E-state index contributed by atoms with van der Waals surface area (Å²) in [6.07, 6.45) is 4.38. The van der Waals surface area contributed by atoms with Gasteiger partial charge in [0, 0.05) is 38.6 Å². The lowest BCUT2D eigenvalue weighted by atomic mass is 10.0. The summed E-state index contributed by atoms with van der Waals surface area (Å²) in [5, 5.41) is 2.86. The monoisotopic (exact) mass is 326 g/mol. The molecule has 1 amide bonds. The molecular formula is C18H22N4O2. The summed E-state index contributed by atoms with van der Waals surface area (Å²) < 4.78 is 4.98. The van der Waals surface area contributed by atoms with E-state index in [-0.39, 0.29) is 5.91 Å². The fourth-order valence-electron chi connectivity index (χ4n) is 2.90. The molecule has 0 bridgehead atoms. The summed E-state index contributed by atoms with van der Waals surface area (Å²) in [7, 11) is 1.65. The number of nitrogens with zero attached hydrogens (tertiary/aromatic N) is 3. The van der Waals surface area contributed by atoms with Gasteiger partial charge in [0.2, 0.25) is 0 Å². The highest BCUT2D eigenvalue weighted by Gasteiger charge is 2.20. The zero-order chi connectivity index (χ0) is 16.8. The van der Waals surface area contributed by atoms with E-state index in [1.54, 1.807) is 13.2 Å². The average Bonchev–Trinajstić information content (AvgIpc) is 2.64. The van der Waals surface area contributed by atoms with E-state index in [2.05, 4.69) is 38.4 Å². The van der Waals surface area contributed by atoms with Crippen molar-refractivity contribution in [2.45, 2.75) is 19.3 Å². The quantitative estimate of drug-likeness (QED) is 0.825. The Labute approximate surface area is 141 Å². The van der Waals surface area contributed by atoms with Gasteiger partial charge in [0.05, 0.1) is 0 Å². The number of hydrogen-bond donors (Lipinski definition) is 1. The van der Waals surface area contributed by atoms with Crippen LogP contribution in [-0.2, 0) is 11.2 Å². The zero-order valence-electron chi connectivity index (χ0n) is 13.9. The SMILES string of the molecule is COCCCNC(=O)c1cc(N2CCCc3ccccc32)ncn1. The van der Waals surface area contributed by atoms with Gasteiger partial charge < -0.3 is 15.0 Å². The molecule has 0 fully saturated rings. The average molecular weight is 326 g/mol. The van der Waals surface area contributed by atoms with Crippen molar-refractivity contribution in [2.75, 3.05) is 31.7 Å². The molecule has 3 rings (SSSR count). The van der Waals surface area contributed by atoms with E-state index in [0.29, 0.717) is 18.8 Å². The molecule has 24 heavy (non-hydrogen) atoms. The number of methoxy groups -OCH3 is 1. The van der Waals surface area contributed by atoms with E-state index in [0.717, 1.165) is 37.3 Å². The Balaban J connectivity index is 1.75. The molecule has 0 saturated carbocycles. The maximum absolute atomic E-state index is 12.2. The van der Waals surface area contributed by atoms with Crippen LogP contribution in [0.3, 0.4) is 0 Å². The highest BCUT2D eigenvalue weighted by atomic mass is 16.5. The predicted octanol–water partition coefficient (Wildman–Crippen LogP) is 2.33. The van der Waals surface area contributed by atoms with Gasteiger partial charge in [-0.25, -0.2) is 9.97 Å². The molecule has 1 aliphatic heterocycles. The second-order valence-corrected chi connectivity index (χ2v) is 5.75. The molecule has 0 spiro atoms. The first-order chi connectivity index (χ1) is 11.8. The minimum atomic E-state index is -0.181. The molecule has 1 N–H and O–H groups in total. The summed E-state index contributed by atoms with van der Waals surface area (Å²) >= 11 is 0. The second-order valence-electron chi connectivity index (χ2n) is 5.75. The fraction of sp³-hybridized carbons (Fsp3) is 0.389. The Morgan fingerprint density at radius 3 is 3.08 bits per heavy atom. The third-order valence-electron chi connectivity index (χ3n) is 4.08. The van der Waals surface area contributed by atoms with Crippen molar-refractivity contribution >= 4 is 17.4 Å². The largest absolute Gasteiger partial charge is 0.385 e. The van der Waals surface area contributed by atoms with Crippen molar-refractivity contribution in [3.8, 4) is 0 Å². The molecule has 0 aliphatic carbocycles. The topological polar surface area (TPSA) is 67.3 Å². The summed E-state index contributed by atoms with van der Waals surface area (Å²) in [6.45, 7) is 2.08. The number of carbonyl (C=O) groups is 1. The smallest absolute Gasteiger partial charge is 0.270 e. The van der Waals surface area contributed by atoms with Gasteiger partial charge in [-0.3, -0.25) is 4.79 Å². The lowest BCUT2D eigenvalue weighted by Crippen LogP contribution is -2.28. The van der Waals surface area contributed by atoms with Crippen molar-refractivity contribution < 1.29 is 9.53 Å². The predicted molar refractivity (Wildman–Crippen MR) is 92.6 cm³/mol. The van der Waals surface area contributed by atoms with E-state index < -0.39 is 0 Å². The normalized spacial score (nSPS) is 13.5. The van der Waals surface area contributed by atoms with Crippen LogP contribution >= 0.6 is 0 Å². The molecule has 6 heteroatoms. The summed E-state index contributed by atoms with van der Waals surface area (Å²) in [5.41, 5.74) is 2.86. The first kappa shape index (κ1) is 16.4. The van der Waals surface area contributed by atoms with Crippen LogP contribution < -0.4 is 10.2 Å². The molecule has 2 heterocycles. The van der Waals surface area contributed by atoms with Crippen LogP contribution in [-0.4, -0.2) is 42.7 Å². The lowest BCUT2D eigenvalue weighted by Gasteiger charge is -2.30. The Kier molecular flexibility index (Phi) is 5.38. The van der Waals surface area contributed by atoms with Crippen LogP contribution in [0.5, 0.6) is 0 Å². The number of hydrogen-bond acceptors (Lipinski definition) is 5. The van der Waals surface area contributed by atoms with Gasteiger partial charge in [-0.2, -0.15) is 0 Å². The highest BCUT2D eigenvalue weighted by Crippen LogP contribution is 2.32. The van der Waals surface area contributed by atoms with Crippen molar-refractivity contribution in [2.24, 2.45) is 0 Å². The molecule has 0 unspecified atom stereocenters.